The normalized spacial score (nSPS) is 15.2. The number of methoxy groups -OCH3 is 1. The highest BCUT2D eigenvalue weighted by Crippen LogP contribution is 2.34. The zero-order chi connectivity index (χ0) is 23.0. The molecule has 1 aliphatic rings. The van der Waals surface area contributed by atoms with E-state index in [0.717, 1.165) is 11.1 Å². The van der Waals surface area contributed by atoms with Crippen molar-refractivity contribution in [2.45, 2.75) is 25.8 Å². The molecular formula is C24H23FN2O5. The molecule has 0 saturated carbocycles. The number of hydrogen-bond donors (Lipinski definition) is 1. The number of amides is 1. The van der Waals surface area contributed by atoms with Crippen molar-refractivity contribution in [3.8, 4) is 5.75 Å². The summed E-state index contributed by atoms with van der Waals surface area (Å²) in [6, 6.07) is 9.19. The van der Waals surface area contributed by atoms with Crippen LogP contribution in [0.2, 0.25) is 0 Å². The van der Waals surface area contributed by atoms with Crippen LogP contribution in [0.15, 0.2) is 42.6 Å². The minimum Gasteiger partial charge on any atom is -0.505 e. The Morgan fingerprint density at radius 1 is 1.19 bits per heavy atom. The van der Waals surface area contributed by atoms with Gasteiger partial charge >= 0.3 is 5.97 Å². The Kier molecular flexibility index (Phi) is 5.56. The summed E-state index contributed by atoms with van der Waals surface area (Å²) in [6.07, 6.45) is 2.01. The molecule has 4 rings (SSSR count). The van der Waals surface area contributed by atoms with Crippen LogP contribution in [0.4, 0.5) is 4.39 Å². The molecule has 0 unspecified atom stereocenters. The molecule has 166 valence electrons. The number of benzene rings is 2. The third-order valence-electron chi connectivity index (χ3n) is 5.61. The van der Waals surface area contributed by atoms with Gasteiger partial charge in [-0.3, -0.25) is 9.78 Å². The first-order valence-electron chi connectivity index (χ1n) is 10.1. The second-order valence-electron chi connectivity index (χ2n) is 8.38. The maximum Gasteiger partial charge on any atom is 0.341 e. The average molecular weight is 438 g/mol. The molecule has 1 amide bonds. The molecule has 2 heterocycles. The number of nitrogens with zero attached hydrogens (tertiary/aromatic N) is 2. The van der Waals surface area contributed by atoms with Crippen molar-refractivity contribution in [3.63, 3.8) is 0 Å². The third kappa shape index (κ3) is 3.89. The first-order valence-corrected chi connectivity index (χ1v) is 10.1. The van der Waals surface area contributed by atoms with Crippen LogP contribution in [0, 0.1) is 5.82 Å². The van der Waals surface area contributed by atoms with Crippen LogP contribution in [-0.2, 0) is 15.9 Å². The number of rotatable bonds is 4. The number of carbonyl (C=O) groups excluding carboxylic acids is 2. The second-order valence-corrected chi connectivity index (χ2v) is 8.38. The lowest BCUT2D eigenvalue weighted by atomic mass is 9.97. The van der Waals surface area contributed by atoms with Crippen molar-refractivity contribution in [2.75, 3.05) is 20.4 Å². The van der Waals surface area contributed by atoms with E-state index in [1.165, 1.54) is 25.3 Å². The van der Waals surface area contributed by atoms with E-state index < -0.39 is 11.5 Å². The van der Waals surface area contributed by atoms with E-state index in [1.54, 1.807) is 29.3 Å². The summed E-state index contributed by atoms with van der Waals surface area (Å²) >= 11 is 0. The number of pyridine rings is 1. The molecule has 2 aromatic carbocycles. The lowest BCUT2D eigenvalue weighted by Gasteiger charge is -2.29. The topological polar surface area (TPSA) is 89.0 Å². The Balaban J connectivity index is 1.86. The smallest absolute Gasteiger partial charge is 0.341 e. The third-order valence-corrected chi connectivity index (χ3v) is 5.61. The van der Waals surface area contributed by atoms with E-state index in [0.29, 0.717) is 18.4 Å². The number of aromatic hydroxyl groups is 1. The SMILES string of the molecule is COC(=O)c1cc(C(=O)N2COCC2(C)C)c2cc(Cc3ccc(F)cc3)cnc2c1O. The number of fused-ring (bicyclic) bond motifs is 1. The van der Waals surface area contributed by atoms with Crippen molar-refractivity contribution >= 4 is 22.8 Å². The summed E-state index contributed by atoms with van der Waals surface area (Å²) in [7, 11) is 1.20. The molecule has 1 aliphatic heterocycles. The lowest BCUT2D eigenvalue weighted by molar-refractivity contribution is 0.0597. The van der Waals surface area contributed by atoms with Gasteiger partial charge in [-0.1, -0.05) is 12.1 Å². The molecule has 0 bridgehead atoms. The van der Waals surface area contributed by atoms with Gasteiger partial charge in [0.05, 0.1) is 24.8 Å². The summed E-state index contributed by atoms with van der Waals surface area (Å²) in [5.74, 6) is -1.79. The molecule has 32 heavy (non-hydrogen) atoms. The molecule has 1 saturated heterocycles. The molecule has 0 radical (unpaired) electrons. The Bertz CT molecular complexity index is 1210. The van der Waals surface area contributed by atoms with Crippen molar-refractivity contribution in [1.29, 1.82) is 0 Å². The van der Waals surface area contributed by atoms with Crippen LogP contribution in [0.5, 0.6) is 5.75 Å². The highest BCUT2D eigenvalue weighted by atomic mass is 19.1. The number of aromatic nitrogens is 1. The molecule has 0 atom stereocenters. The predicted octanol–water partition coefficient (Wildman–Crippen LogP) is 3.67. The number of esters is 1. The van der Waals surface area contributed by atoms with Gasteiger partial charge in [0, 0.05) is 11.6 Å². The van der Waals surface area contributed by atoms with Gasteiger partial charge < -0.3 is 19.5 Å². The summed E-state index contributed by atoms with van der Waals surface area (Å²) < 4.78 is 23.5. The Morgan fingerprint density at radius 2 is 1.91 bits per heavy atom. The quantitative estimate of drug-likeness (QED) is 0.626. The van der Waals surface area contributed by atoms with Crippen LogP contribution in [0.25, 0.3) is 10.9 Å². The summed E-state index contributed by atoms with van der Waals surface area (Å²) in [5, 5.41) is 11.1. The van der Waals surface area contributed by atoms with Gasteiger partial charge in [-0.15, -0.1) is 0 Å². The van der Waals surface area contributed by atoms with Gasteiger partial charge in [0.1, 0.15) is 23.6 Å². The Hall–Kier alpha value is -3.52. The molecule has 1 fully saturated rings. The van der Waals surface area contributed by atoms with Gasteiger partial charge in [-0.2, -0.15) is 0 Å². The van der Waals surface area contributed by atoms with E-state index >= 15 is 0 Å². The van der Waals surface area contributed by atoms with Crippen molar-refractivity contribution < 1.29 is 28.6 Å². The van der Waals surface area contributed by atoms with Crippen LogP contribution < -0.4 is 0 Å². The minimum absolute atomic E-state index is 0.116. The molecule has 3 aromatic rings. The van der Waals surface area contributed by atoms with Gasteiger partial charge in [0.25, 0.3) is 5.91 Å². The van der Waals surface area contributed by atoms with Gasteiger partial charge in [-0.25, -0.2) is 9.18 Å². The number of halogens is 1. The van der Waals surface area contributed by atoms with E-state index in [9.17, 15) is 19.1 Å². The number of hydrogen-bond acceptors (Lipinski definition) is 6. The number of phenolic OH excluding ortho intramolecular Hbond substituents is 1. The first-order chi connectivity index (χ1) is 15.2. The molecule has 8 heteroatoms. The van der Waals surface area contributed by atoms with Crippen LogP contribution in [0.3, 0.4) is 0 Å². The molecule has 0 aliphatic carbocycles. The van der Waals surface area contributed by atoms with Gasteiger partial charge in [0.2, 0.25) is 0 Å². The van der Waals surface area contributed by atoms with Crippen LogP contribution in [-0.4, -0.2) is 52.9 Å². The Labute approximate surface area is 184 Å². The summed E-state index contributed by atoms with van der Waals surface area (Å²) in [5.41, 5.74) is 1.29. The van der Waals surface area contributed by atoms with Crippen LogP contribution >= 0.6 is 0 Å². The van der Waals surface area contributed by atoms with Gasteiger partial charge in [0.15, 0.2) is 5.75 Å². The fourth-order valence-electron chi connectivity index (χ4n) is 3.82. The van der Waals surface area contributed by atoms with Crippen LogP contribution in [0.1, 0.15) is 45.7 Å². The summed E-state index contributed by atoms with van der Waals surface area (Å²) in [4.78, 5) is 31.7. The maximum atomic E-state index is 13.5. The standard InChI is InChI=1S/C24H23FN2O5/c1-24(2)12-32-13-27(24)22(29)18-10-19(23(30)31-3)21(28)20-17(18)9-15(11-26-20)8-14-4-6-16(25)7-5-14/h4-7,9-11,28H,8,12-13H2,1-3H3. The summed E-state index contributed by atoms with van der Waals surface area (Å²) in [6.45, 7) is 4.27. The van der Waals surface area contributed by atoms with E-state index in [4.69, 9.17) is 9.47 Å². The lowest BCUT2D eigenvalue weighted by Crippen LogP contribution is -2.44. The highest BCUT2D eigenvalue weighted by molar-refractivity contribution is 6.11. The van der Waals surface area contributed by atoms with E-state index in [-0.39, 0.29) is 40.8 Å². The van der Waals surface area contributed by atoms with Gasteiger partial charge in [-0.05, 0) is 55.7 Å². The number of carbonyl (C=O) groups is 2. The number of ether oxygens (including phenoxy) is 2. The van der Waals surface area contributed by atoms with E-state index in [1.807, 2.05) is 13.8 Å². The largest absolute Gasteiger partial charge is 0.505 e. The molecule has 7 nitrogen and oxygen atoms in total. The average Bonchev–Trinajstić information content (AvgIpc) is 3.13. The molecule has 1 N–H and O–H groups in total. The molecule has 0 spiro atoms. The molecule has 1 aromatic heterocycles. The number of phenols is 1. The van der Waals surface area contributed by atoms with Crippen molar-refractivity contribution in [3.05, 3.63) is 70.7 Å². The zero-order valence-electron chi connectivity index (χ0n) is 18.0. The zero-order valence-corrected chi connectivity index (χ0v) is 18.0. The van der Waals surface area contributed by atoms with E-state index in [2.05, 4.69) is 4.98 Å². The fourth-order valence-corrected chi connectivity index (χ4v) is 3.82. The fraction of sp³-hybridized carbons (Fsp3) is 0.292. The highest BCUT2D eigenvalue weighted by Gasteiger charge is 2.38. The van der Waals surface area contributed by atoms with Crippen molar-refractivity contribution in [2.24, 2.45) is 0 Å². The first kappa shape index (κ1) is 21.7. The van der Waals surface area contributed by atoms with Crippen molar-refractivity contribution in [1.82, 2.24) is 9.88 Å². The maximum absolute atomic E-state index is 13.5. The minimum atomic E-state index is -0.771. The monoisotopic (exact) mass is 438 g/mol. The molecular weight excluding hydrogens is 415 g/mol. The Morgan fingerprint density at radius 3 is 2.53 bits per heavy atom. The predicted molar refractivity (Wildman–Crippen MR) is 115 cm³/mol. The second kappa shape index (κ2) is 8.20.